The zero-order valence-electron chi connectivity index (χ0n) is 11.8. The molecule has 1 unspecified atom stereocenters. The van der Waals surface area contributed by atoms with Gasteiger partial charge in [0.25, 0.3) is 5.56 Å². The number of rotatable bonds is 5. The van der Waals surface area contributed by atoms with Crippen LogP contribution in [0.5, 0.6) is 0 Å². The van der Waals surface area contributed by atoms with Crippen molar-refractivity contribution in [1.82, 2.24) is 9.55 Å². The average molecular weight is 313 g/mol. The summed E-state index contributed by atoms with van der Waals surface area (Å²) < 4.78 is 20.9. The summed E-state index contributed by atoms with van der Waals surface area (Å²) in [6.45, 7) is 1.73. The molecule has 9 nitrogen and oxygen atoms in total. The number of aromatic nitrogens is 2. The number of aliphatic hydroxyl groups is 1. The SMILES string of the molecule is CC[C@@]1(CCN=[N+]=[N-])O[C@@H](n2ccc(=O)[nH]c2=O)C(F)[C@H]1O. The number of H-pyrrole nitrogens is 1. The molecule has 120 valence electrons. The van der Waals surface area contributed by atoms with Crippen LogP contribution in [-0.4, -0.2) is 39.1 Å². The number of ether oxygens (including phenoxy) is 1. The number of hydrogen-bond acceptors (Lipinski definition) is 5. The highest BCUT2D eigenvalue weighted by atomic mass is 19.1. The van der Waals surface area contributed by atoms with Gasteiger partial charge in [-0.05, 0) is 18.4 Å². The van der Waals surface area contributed by atoms with Crippen molar-refractivity contribution in [3.05, 3.63) is 43.5 Å². The Bertz CT molecular complexity index is 697. The lowest BCUT2D eigenvalue weighted by molar-refractivity contribution is -0.109. The topological polar surface area (TPSA) is 133 Å². The van der Waals surface area contributed by atoms with E-state index in [1.54, 1.807) is 6.92 Å². The first-order chi connectivity index (χ1) is 10.4. The molecule has 0 amide bonds. The van der Waals surface area contributed by atoms with E-state index >= 15 is 0 Å². The molecule has 2 N–H and O–H groups in total. The molecule has 2 rings (SSSR count). The Hall–Kier alpha value is -2.16. The Balaban J connectivity index is 2.34. The number of halogens is 1. The zero-order chi connectivity index (χ0) is 16.3. The Morgan fingerprint density at radius 1 is 1.64 bits per heavy atom. The molecular weight excluding hydrogens is 297 g/mol. The molecule has 0 aliphatic carbocycles. The number of aromatic amines is 1. The Morgan fingerprint density at radius 2 is 2.36 bits per heavy atom. The van der Waals surface area contributed by atoms with Gasteiger partial charge in [-0.25, -0.2) is 9.18 Å². The van der Waals surface area contributed by atoms with Crippen LogP contribution >= 0.6 is 0 Å². The molecule has 1 aromatic heterocycles. The number of aliphatic hydroxyl groups excluding tert-OH is 1. The lowest BCUT2D eigenvalue weighted by Crippen LogP contribution is -2.42. The minimum atomic E-state index is -1.85. The fraction of sp³-hybridized carbons (Fsp3) is 0.667. The standard InChI is InChI=1S/C12H16FN5O4/c1-2-12(4-5-15-17-14)9(20)8(13)10(22-12)18-6-3-7(19)16-11(18)21/h3,6,8-10,20H,2,4-5H2,1H3,(H,16,19,21)/t8?,9-,10-,12+/m1/s1. The maximum Gasteiger partial charge on any atom is 0.330 e. The van der Waals surface area contributed by atoms with Crippen LogP contribution in [0, 0.1) is 0 Å². The third-order valence-electron chi connectivity index (χ3n) is 3.89. The minimum absolute atomic E-state index is 0.0291. The van der Waals surface area contributed by atoms with Gasteiger partial charge in [0.15, 0.2) is 12.4 Å². The second-order valence-electron chi connectivity index (χ2n) is 5.04. The van der Waals surface area contributed by atoms with Crippen LogP contribution in [0.4, 0.5) is 4.39 Å². The van der Waals surface area contributed by atoms with Crippen LogP contribution in [0.15, 0.2) is 27.0 Å². The quantitative estimate of drug-likeness (QED) is 0.468. The highest BCUT2D eigenvalue weighted by Crippen LogP contribution is 2.42. The van der Waals surface area contributed by atoms with E-state index in [0.717, 1.165) is 16.8 Å². The molecule has 1 aliphatic rings. The number of alkyl halides is 1. The first-order valence-electron chi connectivity index (χ1n) is 6.77. The minimum Gasteiger partial charge on any atom is -0.387 e. The largest absolute Gasteiger partial charge is 0.387 e. The number of azide groups is 1. The predicted octanol–water partition coefficient (Wildman–Crippen LogP) is 0.614. The van der Waals surface area contributed by atoms with Crippen molar-refractivity contribution in [1.29, 1.82) is 0 Å². The maximum absolute atomic E-state index is 14.4. The smallest absolute Gasteiger partial charge is 0.330 e. The second-order valence-corrected chi connectivity index (χ2v) is 5.04. The highest BCUT2D eigenvalue weighted by Gasteiger charge is 2.54. The molecule has 0 bridgehead atoms. The molecule has 10 heteroatoms. The van der Waals surface area contributed by atoms with Crippen molar-refractivity contribution in [3.63, 3.8) is 0 Å². The molecule has 1 aliphatic heterocycles. The Morgan fingerprint density at radius 3 is 2.95 bits per heavy atom. The van der Waals surface area contributed by atoms with E-state index in [9.17, 15) is 19.1 Å². The molecule has 4 atom stereocenters. The highest BCUT2D eigenvalue weighted by molar-refractivity contribution is 5.02. The van der Waals surface area contributed by atoms with Gasteiger partial charge >= 0.3 is 5.69 Å². The Kier molecular flexibility index (Phi) is 4.65. The van der Waals surface area contributed by atoms with Crippen LogP contribution in [0.3, 0.4) is 0 Å². The second kappa shape index (κ2) is 6.30. The lowest BCUT2D eigenvalue weighted by atomic mass is 9.89. The van der Waals surface area contributed by atoms with Crippen molar-refractivity contribution >= 4 is 0 Å². The van der Waals surface area contributed by atoms with E-state index in [1.807, 2.05) is 4.98 Å². The molecular formula is C12H16FN5O4. The summed E-state index contributed by atoms with van der Waals surface area (Å²) in [5, 5.41) is 13.5. The van der Waals surface area contributed by atoms with Crippen molar-refractivity contribution in [2.45, 2.75) is 43.9 Å². The fourth-order valence-corrected chi connectivity index (χ4v) is 2.62. The van der Waals surface area contributed by atoms with Gasteiger partial charge in [-0.3, -0.25) is 14.3 Å². The average Bonchev–Trinajstić information content (AvgIpc) is 2.73. The normalized spacial score (nSPS) is 31.0. The van der Waals surface area contributed by atoms with Crippen molar-refractivity contribution in [3.8, 4) is 0 Å². The molecule has 1 saturated heterocycles. The first kappa shape index (κ1) is 16.2. The van der Waals surface area contributed by atoms with Gasteiger partial charge in [0.05, 0.1) is 5.60 Å². The first-order valence-corrected chi connectivity index (χ1v) is 6.77. The van der Waals surface area contributed by atoms with E-state index in [-0.39, 0.29) is 19.4 Å². The summed E-state index contributed by atoms with van der Waals surface area (Å²) in [7, 11) is 0. The van der Waals surface area contributed by atoms with Crippen LogP contribution in [0.25, 0.3) is 10.4 Å². The van der Waals surface area contributed by atoms with Gasteiger partial charge in [0, 0.05) is 23.7 Å². The monoisotopic (exact) mass is 313 g/mol. The van der Waals surface area contributed by atoms with Crippen molar-refractivity contribution in [2.24, 2.45) is 5.11 Å². The molecule has 0 spiro atoms. The summed E-state index contributed by atoms with van der Waals surface area (Å²) in [5.41, 5.74) is 5.62. The number of nitrogens with zero attached hydrogens (tertiary/aromatic N) is 4. The lowest BCUT2D eigenvalue weighted by Gasteiger charge is -2.30. The molecule has 0 radical (unpaired) electrons. The fourth-order valence-electron chi connectivity index (χ4n) is 2.62. The van der Waals surface area contributed by atoms with Gasteiger partial charge in [-0.1, -0.05) is 12.0 Å². The van der Waals surface area contributed by atoms with Crippen molar-refractivity contribution < 1.29 is 14.2 Å². The van der Waals surface area contributed by atoms with Gasteiger partial charge in [0.1, 0.15) is 6.10 Å². The van der Waals surface area contributed by atoms with E-state index in [2.05, 4.69) is 10.0 Å². The van der Waals surface area contributed by atoms with E-state index in [0.29, 0.717) is 0 Å². The number of hydrogen-bond donors (Lipinski definition) is 2. The van der Waals surface area contributed by atoms with Gasteiger partial charge in [-0.15, -0.1) is 0 Å². The summed E-state index contributed by atoms with van der Waals surface area (Å²) in [6.07, 6.45) is -3.19. The van der Waals surface area contributed by atoms with Gasteiger partial charge in [-0.2, -0.15) is 0 Å². The van der Waals surface area contributed by atoms with Gasteiger partial charge < -0.3 is 9.84 Å². The molecule has 0 saturated carbocycles. The summed E-state index contributed by atoms with van der Waals surface area (Å²) in [4.78, 5) is 27.4. The van der Waals surface area contributed by atoms with Crippen molar-refractivity contribution in [2.75, 3.05) is 6.54 Å². The molecule has 2 heterocycles. The Labute approximate surface area is 124 Å². The number of nitrogens with one attached hydrogen (secondary N) is 1. The molecule has 1 fully saturated rings. The third-order valence-corrected chi connectivity index (χ3v) is 3.89. The molecule has 0 aromatic carbocycles. The van der Waals surface area contributed by atoms with Crippen LogP contribution in [0.1, 0.15) is 26.0 Å². The summed E-state index contributed by atoms with van der Waals surface area (Å²) in [5.74, 6) is 0. The molecule has 22 heavy (non-hydrogen) atoms. The molecule has 1 aromatic rings. The predicted molar refractivity (Wildman–Crippen MR) is 74.0 cm³/mol. The van der Waals surface area contributed by atoms with Crippen LogP contribution in [-0.2, 0) is 4.74 Å². The van der Waals surface area contributed by atoms with Crippen LogP contribution < -0.4 is 11.2 Å². The zero-order valence-corrected chi connectivity index (χ0v) is 11.8. The van der Waals surface area contributed by atoms with E-state index < -0.39 is 35.4 Å². The maximum atomic E-state index is 14.4. The van der Waals surface area contributed by atoms with Crippen LogP contribution in [0.2, 0.25) is 0 Å². The van der Waals surface area contributed by atoms with Gasteiger partial charge in [0.2, 0.25) is 0 Å². The third kappa shape index (κ3) is 2.76. The van der Waals surface area contributed by atoms with E-state index in [4.69, 9.17) is 10.3 Å². The summed E-state index contributed by atoms with van der Waals surface area (Å²) in [6, 6.07) is 1.07. The van der Waals surface area contributed by atoms with E-state index in [1.165, 1.54) is 0 Å². The summed E-state index contributed by atoms with van der Waals surface area (Å²) >= 11 is 0.